The zero-order valence-electron chi connectivity index (χ0n) is 10.3. The Hall–Kier alpha value is -1.36. The van der Waals surface area contributed by atoms with Gasteiger partial charge in [0.2, 0.25) is 5.91 Å². The highest BCUT2D eigenvalue weighted by atomic mass is 16.2. The van der Waals surface area contributed by atoms with E-state index >= 15 is 0 Å². The van der Waals surface area contributed by atoms with Gasteiger partial charge >= 0.3 is 0 Å². The van der Waals surface area contributed by atoms with Crippen molar-refractivity contribution in [2.45, 2.75) is 32.9 Å². The Bertz CT molecular complexity index is 359. The van der Waals surface area contributed by atoms with Crippen LogP contribution in [0.15, 0.2) is 12.5 Å². The number of nitrogens with zero attached hydrogens (tertiary/aromatic N) is 3. The van der Waals surface area contributed by atoms with E-state index in [0.717, 1.165) is 5.69 Å². The standard InChI is InChI=1S/C11H20N4O/c1-5-14(4)11(16)9(3)15-7-13-6-10(15)8(2)12/h6-9H,5,12H2,1-4H3/t8-,9?/m1/s1. The number of carbonyl (C=O) groups is 1. The first kappa shape index (κ1) is 12.7. The predicted octanol–water partition coefficient (Wildman–Crippen LogP) is 0.942. The van der Waals surface area contributed by atoms with Crippen LogP contribution in [0.5, 0.6) is 0 Å². The number of rotatable bonds is 4. The number of carbonyl (C=O) groups excluding carboxylic acids is 1. The van der Waals surface area contributed by atoms with Gasteiger partial charge in [-0.25, -0.2) is 4.98 Å². The zero-order valence-corrected chi connectivity index (χ0v) is 10.3. The van der Waals surface area contributed by atoms with Crippen molar-refractivity contribution in [3.8, 4) is 0 Å². The highest BCUT2D eigenvalue weighted by molar-refractivity contribution is 5.79. The second kappa shape index (κ2) is 5.12. The van der Waals surface area contributed by atoms with Gasteiger partial charge in [0.15, 0.2) is 0 Å². The van der Waals surface area contributed by atoms with E-state index in [9.17, 15) is 4.79 Å². The van der Waals surface area contributed by atoms with E-state index in [1.165, 1.54) is 0 Å². The third-order valence-electron chi connectivity index (χ3n) is 2.79. The molecule has 5 nitrogen and oxygen atoms in total. The summed E-state index contributed by atoms with van der Waals surface area (Å²) in [7, 11) is 1.79. The van der Waals surface area contributed by atoms with Crippen LogP contribution in [0.25, 0.3) is 0 Å². The van der Waals surface area contributed by atoms with Crippen LogP contribution in [0.2, 0.25) is 0 Å². The molecule has 0 bridgehead atoms. The first-order valence-corrected chi connectivity index (χ1v) is 5.51. The van der Waals surface area contributed by atoms with E-state index in [2.05, 4.69) is 4.98 Å². The first-order chi connectivity index (χ1) is 7.49. The van der Waals surface area contributed by atoms with Gasteiger partial charge in [-0.2, -0.15) is 0 Å². The molecule has 1 aromatic rings. The average Bonchev–Trinajstić information content (AvgIpc) is 2.74. The fourth-order valence-electron chi connectivity index (χ4n) is 1.58. The molecular formula is C11H20N4O. The van der Waals surface area contributed by atoms with Gasteiger partial charge in [0.25, 0.3) is 0 Å². The molecule has 2 N–H and O–H groups in total. The van der Waals surface area contributed by atoms with Crippen molar-refractivity contribution in [2.24, 2.45) is 5.73 Å². The van der Waals surface area contributed by atoms with Crippen molar-refractivity contribution in [2.75, 3.05) is 13.6 Å². The van der Waals surface area contributed by atoms with Gasteiger partial charge in [0.05, 0.1) is 12.0 Å². The monoisotopic (exact) mass is 224 g/mol. The van der Waals surface area contributed by atoms with Crippen molar-refractivity contribution >= 4 is 5.91 Å². The maximum atomic E-state index is 12.0. The van der Waals surface area contributed by atoms with E-state index < -0.39 is 0 Å². The second-order valence-electron chi connectivity index (χ2n) is 4.04. The highest BCUT2D eigenvalue weighted by Crippen LogP contribution is 2.16. The van der Waals surface area contributed by atoms with Crippen molar-refractivity contribution < 1.29 is 4.79 Å². The summed E-state index contributed by atoms with van der Waals surface area (Å²) in [5.74, 6) is 0.0717. The Morgan fingerprint density at radius 3 is 2.75 bits per heavy atom. The molecule has 0 saturated heterocycles. The molecule has 0 aliphatic rings. The van der Waals surface area contributed by atoms with E-state index in [4.69, 9.17) is 5.73 Å². The minimum Gasteiger partial charge on any atom is -0.344 e. The molecule has 2 atom stereocenters. The van der Waals surface area contributed by atoms with Crippen LogP contribution >= 0.6 is 0 Å². The minimum absolute atomic E-state index is 0.0717. The first-order valence-electron chi connectivity index (χ1n) is 5.51. The Balaban J connectivity index is 2.92. The number of imidazole rings is 1. The molecule has 1 aromatic heterocycles. The summed E-state index contributed by atoms with van der Waals surface area (Å²) in [6.07, 6.45) is 3.37. The van der Waals surface area contributed by atoms with Crippen LogP contribution in [0.1, 0.15) is 38.5 Å². The lowest BCUT2D eigenvalue weighted by Crippen LogP contribution is -2.33. The maximum Gasteiger partial charge on any atom is 0.245 e. The molecule has 1 unspecified atom stereocenters. The Kier molecular flexibility index (Phi) is 4.06. The van der Waals surface area contributed by atoms with Gasteiger partial charge < -0.3 is 15.2 Å². The van der Waals surface area contributed by atoms with Gasteiger partial charge in [-0.15, -0.1) is 0 Å². The van der Waals surface area contributed by atoms with Crippen LogP contribution in [0.4, 0.5) is 0 Å². The van der Waals surface area contributed by atoms with Crippen LogP contribution in [-0.2, 0) is 4.79 Å². The normalized spacial score (nSPS) is 14.6. The number of likely N-dealkylation sites (N-methyl/N-ethyl adjacent to an activating group) is 1. The van der Waals surface area contributed by atoms with Gasteiger partial charge in [0.1, 0.15) is 6.04 Å². The van der Waals surface area contributed by atoms with Crippen LogP contribution < -0.4 is 5.73 Å². The fraction of sp³-hybridized carbons (Fsp3) is 0.636. The van der Waals surface area contributed by atoms with Crippen molar-refractivity contribution in [3.63, 3.8) is 0 Å². The number of hydrogen-bond donors (Lipinski definition) is 1. The number of hydrogen-bond acceptors (Lipinski definition) is 3. The van der Waals surface area contributed by atoms with Crippen LogP contribution in [0.3, 0.4) is 0 Å². The molecule has 0 saturated carbocycles. The lowest BCUT2D eigenvalue weighted by molar-refractivity contribution is -0.132. The molecule has 0 spiro atoms. The number of amides is 1. The summed E-state index contributed by atoms with van der Waals surface area (Å²) >= 11 is 0. The van der Waals surface area contributed by atoms with Crippen LogP contribution in [0, 0.1) is 0 Å². The van der Waals surface area contributed by atoms with Crippen LogP contribution in [-0.4, -0.2) is 34.0 Å². The summed E-state index contributed by atoms with van der Waals surface area (Å²) in [4.78, 5) is 17.7. The third-order valence-corrected chi connectivity index (χ3v) is 2.79. The molecule has 1 heterocycles. The lowest BCUT2D eigenvalue weighted by Gasteiger charge is -2.22. The highest BCUT2D eigenvalue weighted by Gasteiger charge is 2.21. The second-order valence-corrected chi connectivity index (χ2v) is 4.04. The maximum absolute atomic E-state index is 12.0. The molecular weight excluding hydrogens is 204 g/mol. The van der Waals surface area contributed by atoms with Gasteiger partial charge in [-0.1, -0.05) is 0 Å². The number of nitrogens with two attached hydrogens (primary N) is 1. The van der Waals surface area contributed by atoms with Crippen molar-refractivity contribution in [1.29, 1.82) is 0 Å². The van der Waals surface area contributed by atoms with Crippen molar-refractivity contribution in [3.05, 3.63) is 18.2 Å². The lowest BCUT2D eigenvalue weighted by atomic mass is 10.2. The van der Waals surface area contributed by atoms with Gasteiger partial charge in [-0.3, -0.25) is 4.79 Å². The molecule has 0 fully saturated rings. The van der Waals surface area contributed by atoms with E-state index in [1.54, 1.807) is 24.5 Å². The topological polar surface area (TPSA) is 64.2 Å². The molecule has 1 amide bonds. The quantitative estimate of drug-likeness (QED) is 0.828. The smallest absolute Gasteiger partial charge is 0.245 e. The van der Waals surface area contributed by atoms with E-state index in [-0.39, 0.29) is 18.0 Å². The molecule has 0 radical (unpaired) electrons. The molecule has 0 aliphatic carbocycles. The zero-order chi connectivity index (χ0) is 12.3. The predicted molar refractivity (Wildman–Crippen MR) is 62.9 cm³/mol. The third kappa shape index (κ3) is 2.41. The van der Waals surface area contributed by atoms with Gasteiger partial charge in [0, 0.05) is 25.8 Å². The molecule has 16 heavy (non-hydrogen) atoms. The summed E-state index contributed by atoms with van der Waals surface area (Å²) in [5, 5.41) is 0. The molecule has 5 heteroatoms. The fourth-order valence-corrected chi connectivity index (χ4v) is 1.58. The Labute approximate surface area is 96.3 Å². The summed E-state index contributed by atoms with van der Waals surface area (Å²) in [5.41, 5.74) is 6.70. The average molecular weight is 224 g/mol. The summed E-state index contributed by atoms with van der Waals surface area (Å²) in [6.45, 7) is 6.40. The van der Waals surface area contributed by atoms with Gasteiger partial charge in [-0.05, 0) is 20.8 Å². The Morgan fingerprint density at radius 1 is 1.62 bits per heavy atom. The van der Waals surface area contributed by atoms with E-state index in [1.807, 2.05) is 25.3 Å². The largest absolute Gasteiger partial charge is 0.344 e. The van der Waals surface area contributed by atoms with Crippen molar-refractivity contribution in [1.82, 2.24) is 14.5 Å². The minimum atomic E-state index is -0.256. The van der Waals surface area contributed by atoms with E-state index in [0.29, 0.717) is 6.54 Å². The summed E-state index contributed by atoms with van der Waals surface area (Å²) in [6, 6.07) is -0.377. The SMILES string of the molecule is CCN(C)C(=O)C(C)n1cncc1[C@@H](C)N. The molecule has 0 aliphatic heterocycles. The molecule has 90 valence electrons. The number of aromatic nitrogens is 2. The summed E-state index contributed by atoms with van der Waals surface area (Å²) < 4.78 is 1.83. The molecule has 1 rings (SSSR count). The molecule has 0 aromatic carbocycles. The Morgan fingerprint density at radius 2 is 2.25 bits per heavy atom.